The van der Waals surface area contributed by atoms with Crippen molar-refractivity contribution in [1.29, 1.82) is 0 Å². The number of carboxylic acid groups (broad SMARTS) is 1. The highest BCUT2D eigenvalue weighted by Crippen LogP contribution is 2.29. The van der Waals surface area contributed by atoms with Crippen LogP contribution in [0.15, 0.2) is 36.5 Å². The van der Waals surface area contributed by atoms with Gasteiger partial charge in [0.05, 0.1) is 11.6 Å². The Morgan fingerprint density at radius 3 is 2.72 bits per heavy atom. The fraction of sp³-hybridized carbons (Fsp3) is 0.429. The number of carbonyl (C=O) groups excluding carboxylic acids is 2. The third-order valence-electron chi connectivity index (χ3n) is 5.74. The van der Waals surface area contributed by atoms with Crippen LogP contribution in [0.3, 0.4) is 0 Å². The molecule has 8 heteroatoms. The largest absolute Gasteiger partial charge is 0.476 e. The van der Waals surface area contributed by atoms with Crippen molar-refractivity contribution in [3.8, 4) is 5.69 Å². The van der Waals surface area contributed by atoms with Gasteiger partial charge < -0.3 is 15.3 Å². The molecule has 29 heavy (non-hydrogen) atoms. The van der Waals surface area contributed by atoms with Crippen molar-refractivity contribution < 1.29 is 19.5 Å². The molecule has 2 heterocycles. The Morgan fingerprint density at radius 2 is 2.00 bits per heavy atom. The summed E-state index contributed by atoms with van der Waals surface area (Å²) in [5.74, 6) is -1.39. The summed E-state index contributed by atoms with van der Waals surface area (Å²) in [6.45, 7) is 0.856. The molecule has 1 atom stereocenters. The molecule has 0 bridgehead atoms. The molecular weight excluding hydrogens is 372 g/mol. The maximum atomic E-state index is 12.6. The summed E-state index contributed by atoms with van der Waals surface area (Å²) in [5, 5.41) is 16.0. The minimum atomic E-state index is -1.08. The zero-order valence-electron chi connectivity index (χ0n) is 16.1. The van der Waals surface area contributed by atoms with Crippen LogP contribution in [-0.2, 0) is 16.1 Å². The van der Waals surface area contributed by atoms with Crippen LogP contribution in [0.25, 0.3) is 5.69 Å². The fourth-order valence-electron chi connectivity index (χ4n) is 4.20. The van der Waals surface area contributed by atoms with E-state index in [-0.39, 0.29) is 29.8 Å². The van der Waals surface area contributed by atoms with Crippen LogP contribution in [-0.4, -0.2) is 50.2 Å². The molecule has 1 saturated carbocycles. The number of hydrogen-bond acceptors (Lipinski definition) is 4. The van der Waals surface area contributed by atoms with Crippen LogP contribution in [0.1, 0.15) is 48.2 Å². The summed E-state index contributed by atoms with van der Waals surface area (Å²) in [6.07, 6.45) is 6.28. The number of nitrogens with zero attached hydrogens (tertiary/aromatic N) is 3. The SMILES string of the molecule is O=C(O)c1ccn(-c2cccc(CNC(=O)C3CC(=O)N(C4CCCC4)C3)c2)n1. The quantitative estimate of drug-likeness (QED) is 0.777. The van der Waals surface area contributed by atoms with Gasteiger partial charge in [-0.3, -0.25) is 9.59 Å². The maximum absolute atomic E-state index is 12.6. The number of likely N-dealkylation sites (tertiary alicyclic amines) is 1. The van der Waals surface area contributed by atoms with Crippen LogP contribution in [0, 0.1) is 5.92 Å². The molecule has 152 valence electrons. The number of benzene rings is 1. The molecule has 0 radical (unpaired) electrons. The van der Waals surface area contributed by atoms with E-state index in [0.29, 0.717) is 24.8 Å². The third kappa shape index (κ3) is 4.16. The third-order valence-corrected chi connectivity index (χ3v) is 5.74. The van der Waals surface area contributed by atoms with E-state index < -0.39 is 5.97 Å². The molecule has 2 aliphatic rings. The number of aromatic nitrogens is 2. The van der Waals surface area contributed by atoms with Gasteiger partial charge in [0.1, 0.15) is 0 Å². The van der Waals surface area contributed by atoms with Gasteiger partial charge in [0, 0.05) is 31.7 Å². The Morgan fingerprint density at radius 1 is 1.21 bits per heavy atom. The van der Waals surface area contributed by atoms with Gasteiger partial charge in [-0.2, -0.15) is 5.10 Å². The number of carbonyl (C=O) groups is 3. The predicted molar refractivity (Wildman–Crippen MR) is 104 cm³/mol. The molecule has 1 unspecified atom stereocenters. The monoisotopic (exact) mass is 396 g/mol. The molecule has 2 aromatic rings. The van der Waals surface area contributed by atoms with Gasteiger partial charge in [-0.1, -0.05) is 25.0 Å². The van der Waals surface area contributed by atoms with Gasteiger partial charge in [-0.05, 0) is 36.6 Å². The van der Waals surface area contributed by atoms with Crippen LogP contribution in [0.5, 0.6) is 0 Å². The molecule has 1 aromatic carbocycles. The van der Waals surface area contributed by atoms with Crippen LogP contribution < -0.4 is 5.32 Å². The standard InChI is InChI=1S/C21H24N4O4/c26-19-11-15(13-24(19)16-5-1-2-6-16)20(27)22-12-14-4-3-7-17(10-14)25-9-8-18(23-25)21(28)29/h3-4,7-10,15-16H,1-2,5-6,11-13H2,(H,22,27)(H,28,29). The molecule has 2 fully saturated rings. The molecule has 2 amide bonds. The first kappa shape index (κ1) is 19.2. The first-order valence-corrected chi connectivity index (χ1v) is 9.97. The van der Waals surface area contributed by atoms with Crippen molar-refractivity contribution in [3.63, 3.8) is 0 Å². The molecule has 8 nitrogen and oxygen atoms in total. The number of aromatic carboxylic acids is 1. The normalized spacial score (nSPS) is 19.7. The van der Waals surface area contributed by atoms with Gasteiger partial charge in [0.2, 0.25) is 11.8 Å². The van der Waals surface area contributed by atoms with Crippen LogP contribution in [0.4, 0.5) is 0 Å². The van der Waals surface area contributed by atoms with Crippen molar-refractivity contribution in [2.75, 3.05) is 6.54 Å². The zero-order chi connectivity index (χ0) is 20.4. The minimum Gasteiger partial charge on any atom is -0.476 e. The Kier molecular flexibility index (Phi) is 5.33. The highest BCUT2D eigenvalue weighted by Gasteiger charge is 2.38. The van der Waals surface area contributed by atoms with Gasteiger partial charge in [0.25, 0.3) is 0 Å². The zero-order valence-corrected chi connectivity index (χ0v) is 16.1. The Labute approximate surface area is 168 Å². The Hall–Kier alpha value is -3.16. The minimum absolute atomic E-state index is 0.0265. The molecule has 1 aliphatic heterocycles. The second-order valence-corrected chi connectivity index (χ2v) is 7.72. The predicted octanol–water partition coefficient (Wildman–Crippen LogP) is 1.98. The van der Waals surface area contributed by atoms with Crippen molar-refractivity contribution in [2.24, 2.45) is 5.92 Å². The van der Waals surface area contributed by atoms with E-state index in [1.54, 1.807) is 6.20 Å². The maximum Gasteiger partial charge on any atom is 0.356 e. The average Bonchev–Trinajstić information content (AvgIpc) is 3.46. The van der Waals surface area contributed by atoms with E-state index >= 15 is 0 Å². The van der Waals surface area contributed by atoms with Gasteiger partial charge in [-0.15, -0.1) is 0 Å². The molecule has 2 N–H and O–H groups in total. The average molecular weight is 396 g/mol. The van der Waals surface area contributed by atoms with Crippen molar-refractivity contribution in [2.45, 2.75) is 44.7 Å². The van der Waals surface area contributed by atoms with E-state index in [4.69, 9.17) is 5.11 Å². The lowest BCUT2D eigenvalue weighted by atomic mass is 10.1. The highest BCUT2D eigenvalue weighted by atomic mass is 16.4. The van der Waals surface area contributed by atoms with Gasteiger partial charge in [0.15, 0.2) is 5.69 Å². The number of nitrogens with one attached hydrogen (secondary N) is 1. The van der Waals surface area contributed by atoms with E-state index in [1.807, 2.05) is 29.2 Å². The van der Waals surface area contributed by atoms with Gasteiger partial charge >= 0.3 is 5.97 Å². The molecule has 4 rings (SSSR count). The van der Waals surface area contributed by atoms with Gasteiger partial charge in [-0.25, -0.2) is 9.48 Å². The van der Waals surface area contributed by atoms with E-state index in [0.717, 1.165) is 31.2 Å². The fourth-order valence-corrected chi connectivity index (χ4v) is 4.20. The second-order valence-electron chi connectivity index (χ2n) is 7.72. The molecule has 1 saturated heterocycles. The van der Waals surface area contributed by atoms with Crippen molar-refractivity contribution in [3.05, 3.63) is 47.8 Å². The topological polar surface area (TPSA) is 105 Å². The summed E-state index contributed by atoms with van der Waals surface area (Å²) >= 11 is 0. The highest BCUT2D eigenvalue weighted by molar-refractivity contribution is 5.89. The molecule has 0 spiro atoms. The Balaban J connectivity index is 1.36. The lowest BCUT2D eigenvalue weighted by molar-refractivity contribution is -0.130. The van der Waals surface area contributed by atoms with E-state index in [1.165, 1.54) is 10.7 Å². The van der Waals surface area contributed by atoms with E-state index in [9.17, 15) is 14.4 Å². The first-order valence-electron chi connectivity index (χ1n) is 9.97. The molecular formula is C21H24N4O4. The summed E-state index contributed by atoms with van der Waals surface area (Å²) in [6, 6.07) is 9.13. The molecule has 1 aliphatic carbocycles. The summed E-state index contributed by atoms with van der Waals surface area (Å²) < 4.78 is 1.49. The molecule has 1 aromatic heterocycles. The van der Waals surface area contributed by atoms with E-state index in [2.05, 4.69) is 10.4 Å². The van der Waals surface area contributed by atoms with Crippen molar-refractivity contribution >= 4 is 17.8 Å². The number of carboxylic acids is 1. The summed E-state index contributed by atoms with van der Waals surface area (Å²) in [5.41, 5.74) is 1.56. The number of amides is 2. The second kappa shape index (κ2) is 8.06. The first-order chi connectivity index (χ1) is 14.0. The number of hydrogen-bond donors (Lipinski definition) is 2. The summed E-state index contributed by atoms with van der Waals surface area (Å²) in [4.78, 5) is 37.8. The van der Waals surface area contributed by atoms with Crippen LogP contribution in [0.2, 0.25) is 0 Å². The Bertz CT molecular complexity index is 932. The lowest BCUT2D eigenvalue weighted by Crippen LogP contribution is -2.36. The van der Waals surface area contributed by atoms with Crippen LogP contribution >= 0.6 is 0 Å². The van der Waals surface area contributed by atoms with Crippen molar-refractivity contribution in [1.82, 2.24) is 20.0 Å². The number of rotatable bonds is 6. The summed E-state index contributed by atoms with van der Waals surface area (Å²) in [7, 11) is 0. The lowest BCUT2D eigenvalue weighted by Gasteiger charge is -2.23. The smallest absolute Gasteiger partial charge is 0.356 e.